The van der Waals surface area contributed by atoms with E-state index in [0.717, 1.165) is 27.7 Å². The molecule has 1 aromatic heterocycles. The van der Waals surface area contributed by atoms with Crippen molar-refractivity contribution in [2.75, 3.05) is 0 Å². The number of aromatic nitrogens is 1. The van der Waals surface area contributed by atoms with Crippen LogP contribution in [0.15, 0.2) is 18.2 Å². The first-order valence-corrected chi connectivity index (χ1v) is 7.35. The highest BCUT2D eigenvalue weighted by Crippen LogP contribution is 2.27. The minimum Gasteiger partial charge on any atom is -0.303 e. The Morgan fingerprint density at radius 2 is 1.85 bits per heavy atom. The summed E-state index contributed by atoms with van der Waals surface area (Å²) in [4.78, 5) is 5.52. The van der Waals surface area contributed by atoms with Crippen LogP contribution in [-0.2, 0) is 0 Å². The van der Waals surface area contributed by atoms with Crippen LogP contribution in [-0.4, -0.2) is 4.98 Å². The van der Waals surface area contributed by atoms with Crippen molar-refractivity contribution in [2.45, 2.75) is 39.8 Å². The fourth-order valence-corrected chi connectivity index (χ4v) is 3.27. The van der Waals surface area contributed by atoms with Crippen LogP contribution in [0.4, 0.5) is 8.78 Å². The second-order valence-corrected chi connectivity index (χ2v) is 6.19. The van der Waals surface area contributed by atoms with Gasteiger partial charge in [0.1, 0.15) is 11.6 Å². The molecular formula is C15H18F2N2S. The quantitative estimate of drug-likeness (QED) is 0.901. The number of hydrogen-bond acceptors (Lipinski definition) is 3. The third-order valence-electron chi connectivity index (χ3n) is 3.26. The molecule has 2 nitrogen and oxygen atoms in total. The average Bonchev–Trinajstić information content (AvgIpc) is 2.71. The van der Waals surface area contributed by atoms with Gasteiger partial charge in [-0.05, 0) is 45.9 Å². The SMILES string of the molecule is Cc1nc(C)c(C(C)NC(C)c2cc(F)ccc2F)s1. The molecule has 0 fully saturated rings. The Kier molecular flexibility index (Phi) is 4.50. The van der Waals surface area contributed by atoms with Crippen LogP contribution >= 0.6 is 11.3 Å². The van der Waals surface area contributed by atoms with Crippen molar-refractivity contribution in [2.24, 2.45) is 0 Å². The Bertz CT molecular complexity index is 610. The van der Waals surface area contributed by atoms with Crippen LogP contribution in [0.3, 0.4) is 0 Å². The van der Waals surface area contributed by atoms with Gasteiger partial charge in [0.15, 0.2) is 0 Å². The highest BCUT2D eigenvalue weighted by molar-refractivity contribution is 7.11. The Hall–Kier alpha value is -1.33. The highest BCUT2D eigenvalue weighted by atomic mass is 32.1. The van der Waals surface area contributed by atoms with E-state index in [2.05, 4.69) is 10.3 Å². The largest absolute Gasteiger partial charge is 0.303 e. The molecule has 5 heteroatoms. The maximum absolute atomic E-state index is 13.7. The van der Waals surface area contributed by atoms with Crippen molar-refractivity contribution in [3.05, 3.63) is 51.0 Å². The van der Waals surface area contributed by atoms with E-state index < -0.39 is 11.6 Å². The lowest BCUT2D eigenvalue weighted by atomic mass is 10.1. The maximum Gasteiger partial charge on any atom is 0.128 e. The van der Waals surface area contributed by atoms with Gasteiger partial charge in [-0.25, -0.2) is 13.8 Å². The second-order valence-electron chi connectivity index (χ2n) is 4.96. The van der Waals surface area contributed by atoms with Crippen LogP contribution in [0.2, 0.25) is 0 Å². The van der Waals surface area contributed by atoms with Gasteiger partial charge in [0.05, 0.1) is 10.7 Å². The molecule has 2 atom stereocenters. The van der Waals surface area contributed by atoms with E-state index in [1.807, 2.05) is 27.7 Å². The Morgan fingerprint density at radius 1 is 1.15 bits per heavy atom. The van der Waals surface area contributed by atoms with Crippen molar-refractivity contribution >= 4 is 11.3 Å². The van der Waals surface area contributed by atoms with Crippen LogP contribution in [0.5, 0.6) is 0 Å². The first kappa shape index (κ1) is 15.1. The van der Waals surface area contributed by atoms with Crippen LogP contribution in [0, 0.1) is 25.5 Å². The molecule has 0 aliphatic carbocycles. The summed E-state index contributed by atoms with van der Waals surface area (Å²) in [6.45, 7) is 7.76. The van der Waals surface area contributed by atoms with E-state index in [-0.39, 0.29) is 12.1 Å². The third kappa shape index (κ3) is 3.22. The van der Waals surface area contributed by atoms with Gasteiger partial charge in [0.25, 0.3) is 0 Å². The molecule has 0 amide bonds. The highest BCUT2D eigenvalue weighted by Gasteiger charge is 2.18. The van der Waals surface area contributed by atoms with Gasteiger partial charge < -0.3 is 5.32 Å². The molecule has 1 aromatic carbocycles. The van der Waals surface area contributed by atoms with Crippen molar-refractivity contribution in [3.63, 3.8) is 0 Å². The minimum atomic E-state index is -0.424. The molecule has 0 radical (unpaired) electrons. The molecule has 20 heavy (non-hydrogen) atoms. The lowest BCUT2D eigenvalue weighted by Gasteiger charge is -2.20. The van der Waals surface area contributed by atoms with Gasteiger partial charge in [-0.1, -0.05) is 0 Å². The summed E-state index contributed by atoms with van der Waals surface area (Å²) < 4.78 is 27.0. The van der Waals surface area contributed by atoms with E-state index in [4.69, 9.17) is 0 Å². The lowest BCUT2D eigenvalue weighted by Crippen LogP contribution is -2.23. The summed E-state index contributed by atoms with van der Waals surface area (Å²) >= 11 is 1.63. The van der Waals surface area contributed by atoms with Gasteiger partial charge in [-0.15, -0.1) is 11.3 Å². The minimum absolute atomic E-state index is 0.0406. The molecule has 2 aromatic rings. The molecule has 108 valence electrons. The monoisotopic (exact) mass is 296 g/mol. The molecule has 0 bridgehead atoms. The van der Waals surface area contributed by atoms with Crippen LogP contribution in [0.1, 0.15) is 47.1 Å². The third-order valence-corrected chi connectivity index (χ3v) is 4.51. The summed E-state index contributed by atoms with van der Waals surface area (Å²) in [6, 6.07) is 3.30. The summed E-state index contributed by atoms with van der Waals surface area (Å²) in [5, 5.41) is 4.31. The Balaban J connectivity index is 2.17. The van der Waals surface area contributed by atoms with Crippen molar-refractivity contribution in [1.82, 2.24) is 10.3 Å². The van der Waals surface area contributed by atoms with Crippen molar-refractivity contribution in [1.29, 1.82) is 0 Å². The molecule has 1 N–H and O–H groups in total. The van der Waals surface area contributed by atoms with Gasteiger partial charge in [-0.3, -0.25) is 0 Å². The number of benzene rings is 1. The fourth-order valence-electron chi connectivity index (χ4n) is 2.34. The predicted molar refractivity (Wildman–Crippen MR) is 77.9 cm³/mol. The zero-order valence-electron chi connectivity index (χ0n) is 12.0. The number of nitrogens with one attached hydrogen (secondary N) is 1. The average molecular weight is 296 g/mol. The summed E-state index contributed by atoms with van der Waals surface area (Å²) in [6.07, 6.45) is 0. The summed E-state index contributed by atoms with van der Waals surface area (Å²) in [5.41, 5.74) is 1.33. The van der Waals surface area contributed by atoms with E-state index in [1.54, 1.807) is 11.3 Å². The van der Waals surface area contributed by atoms with Gasteiger partial charge in [0.2, 0.25) is 0 Å². The van der Waals surface area contributed by atoms with E-state index in [0.29, 0.717) is 5.56 Å². The van der Waals surface area contributed by atoms with Gasteiger partial charge in [0, 0.05) is 22.5 Å². The number of thiazole rings is 1. The Morgan fingerprint density at radius 3 is 2.45 bits per heavy atom. The number of aryl methyl sites for hydroxylation is 2. The molecule has 1 heterocycles. The van der Waals surface area contributed by atoms with Crippen LogP contribution < -0.4 is 5.32 Å². The van der Waals surface area contributed by atoms with E-state index >= 15 is 0 Å². The van der Waals surface area contributed by atoms with Gasteiger partial charge in [-0.2, -0.15) is 0 Å². The first-order chi connectivity index (χ1) is 9.38. The molecule has 0 saturated heterocycles. The zero-order chi connectivity index (χ0) is 14.9. The predicted octanol–water partition coefficient (Wildman–Crippen LogP) is 4.45. The van der Waals surface area contributed by atoms with Crippen LogP contribution in [0.25, 0.3) is 0 Å². The zero-order valence-corrected chi connectivity index (χ0v) is 12.8. The lowest BCUT2D eigenvalue weighted by molar-refractivity contribution is 0.472. The number of rotatable bonds is 4. The fraction of sp³-hybridized carbons (Fsp3) is 0.400. The molecule has 0 spiro atoms. The standard InChI is InChI=1S/C15H18F2N2S/c1-8(13-7-12(16)5-6-14(13)17)18-9(2)15-10(3)19-11(4)20-15/h5-9,18H,1-4H3. The summed E-state index contributed by atoms with van der Waals surface area (Å²) in [5.74, 6) is -0.816. The molecule has 2 unspecified atom stereocenters. The molecule has 0 aliphatic rings. The van der Waals surface area contributed by atoms with Crippen molar-refractivity contribution < 1.29 is 8.78 Å². The molecule has 0 aliphatic heterocycles. The van der Waals surface area contributed by atoms with E-state index in [9.17, 15) is 8.78 Å². The second kappa shape index (κ2) is 5.97. The van der Waals surface area contributed by atoms with E-state index in [1.165, 1.54) is 6.07 Å². The van der Waals surface area contributed by atoms with Gasteiger partial charge >= 0.3 is 0 Å². The van der Waals surface area contributed by atoms with Crippen molar-refractivity contribution in [3.8, 4) is 0 Å². The maximum atomic E-state index is 13.7. The summed E-state index contributed by atoms with van der Waals surface area (Å²) in [7, 11) is 0. The normalized spacial score (nSPS) is 14.3. The molecular weight excluding hydrogens is 278 g/mol. The molecule has 0 saturated carbocycles. The first-order valence-electron chi connectivity index (χ1n) is 6.53. The topological polar surface area (TPSA) is 24.9 Å². The Labute approximate surface area is 121 Å². The smallest absolute Gasteiger partial charge is 0.128 e. The number of halogens is 2. The number of nitrogens with zero attached hydrogens (tertiary/aromatic N) is 1. The molecule has 2 rings (SSSR count). The number of hydrogen-bond donors (Lipinski definition) is 1.